The molecule has 2 unspecified atom stereocenters. The molecule has 1 aromatic rings. The average Bonchev–Trinajstić information content (AvgIpc) is 2.52. The van der Waals surface area contributed by atoms with E-state index in [0.717, 1.165) is 23.3 Å². The van der Waals surface area contributed by atoms with E-state index in [1.165, 1.54) is 0 Å². The average molecular weight is 290 g/mol. The van der Waals surface area contributed by atoms with E-state index in [0.29, 0.717) is 0 Å². The van der Waals surface area contributed by atoms with E-state index in [-0.39, 0.29) is 5.48 Å². The predicted molar refractivity (Wildman–Crippen MR) is 55.0 cm³/mol. The van der Waals surface area contributed by atoms with Gasteiger partial charge in [-0.05, 0) is 0 Å². The molecule has 0 aliphatic rings. The fourth-order valence-electron chi connectivity index (χ4n) is 1.10. The highest BCUT2D eigenvalue weighted by Crippen LogP contribution is 2.58. The first kappa shape index (κ1) is 16.4. The Hall–Kier alpha value is -0.570. The van der Waals surface area contributed by atoms with Crippen LogP contribution < -0.4 is 0 Å². The van der Waals surface area contributed by atoms with Crippen LogP contribution >= 0.6 is 15.2 Å². The Morgan fingerprint density at radius 1 is 1.12 bits per heavy atom. The molecule has 0 amide bonds. The maximum atomic E-state index is 11.1. The summed E-state index contributed by atoms with van der Waals surface area (Å²) in [5.41, 5.74) is 0. The first-order valence-corrected chi connectivity index (χ1v) is 7.26. The zero-order valence-electron chi connectivity index (χ0n) is 8.23. The second-order valence-corrected chi connectivity index (χ2v) is 6.43. The van der Waals surface area contributed by atoms with Crippen molar-refractivity contribution in [1.82, 2.24) is 9.55 Å². The molecule has 1 rings (SSSR count). The first-order valence-electron chi connectivity index (χ1n) is 3.90. The van der Waals surface area contributed by atoms with Gasteiger partial charge in [0.05, 0.1) is 6.33 Å². The molecule has 0 bridgehead atoms. The number of hydrogen-bond acceptors (Lipinski definition) is 4. The quantitative estimate of drug-likeness (QED) is 0.403. The van der Waals surface area contributed by atoms with Crippen LogP contribution in [-0.2, 0) is 9.13 Å². The lowest BCUT2D eigenvalue weighted by atomic mass is 10.6. The third kappa shape index (κ3) is 3.98. The lowest BCUT2D eigenvalue weighted by molar-refractivity contribution is 0.163. The summed E-state index contributed by atoms with van der Waals surface area (Å²) in [4.78, 5) is 38.8. The topological polar surface area (TPSA) is 185 Å². The molecule has 0 saturated carbocycles. The molecule has 12 heteroatoms. The number of imidazole rings is 1. The second-order valence-electron chi connectivity index (χ2n) is 3.02. The highest BCUT2D eigenvalue weighted by atomic mass is 31.2. The summed E-state index contributed by atoms with van der Waals surface area (Å²) in [5, 5.41) is 9.25. The molecular weight excluding hydrogens is 278 g/mol. The number of aliphatic hydroxyl groups is 1. The normalized spacial score (nSPS) is 16.1. The van der Waals surface area contributed by atoms with Crippen LogP contribution in [0.1, 0.15) is 5.78 Å². The Labute approximate surface area is 95.2 Å². The van der Waals surface area contributed by atoms with Crippen molar-refractivity contribution in [3.8, 4) is 0 Å². The summed E-state index contributed by atoms with van der Waals surface area (Å²) in [6.45, 7) is 0. The molecule has 10 nitrogen and oxygen atoms in total. The Bertz CT molecular complexity index is 435. The molecule has 17 heavy (non-hydrogen) atoms. The molecule has 0 aliphatic carbocycles. The Balaban J connectivity index is 0.00000256. The van der Waals surface area contributed by atoms with Gasteiger partial charge in [-0.25, -0.2) is 4.98 Å². The molecule has 0 aromatic carbocycles. The van der Waals surface area contributed by atoms with E-state index in [1.807, 2.05) is 0 Å². The van der Waals surface area contributed by atoms with Crippen LogP contribution in [0.15, 0.2) is 18.7 Å². The van der Waals surface area contributed by atoms with E-state index in [9.17, 15) is 14.2 Å². The van der Waals surface area contributed by atoms with E-state index < -0.39 is 26.8 Å². The van der Waals surface area contributed by atoms with Crippen molar-refractivity contribution >= 4 is 15.2 Å². The standard InChI is InChI=1S/C5H10N2O7P2.H2O/c8-5(16(12,13)14)4(15(9,10)11)7-2-1-6-3-7;/h1-5,8H,(H2,9,10,11)(H2,12,13,14);1H2. The smallest absolute Gasteiger partial charge is 0.356 e. The third-order valence-corrected chi connectivity index (χ3v) is 4.23. The Morgan fingerprint density at radius 2 is 1.65 bits per heavy atom. The molecule has 0 spiro atoms. The van der Waals surface area contributed by atoms with Gasteiger partial charge in [-0.1, -0.05) is 0 Å². The zero-order valence-corrected chi connectivity index (χ0v) is 10.0. The van der Waals surface area contributed by atoms with Gasteiger partial charge < -0.3 is 34.7 Å². The number of aromatic nitrogens is 2. The fourth-order valence-corrected chi connectivity index (χ4v) is 3.48. The molecule has 0 saturated heterocycles. The van der Waals surface area contributed by atoms with Gasteiger partial charge in [-0.2, -0.15) is 0 Å². The third-order valence-electron chi connectivity index (χ3n) is 1.79. The van der Waals surface area contributed by atoms with Crippen molar-refractivity contribution in [1.29, 1.82) is 0 Å². The summed E-state index contributed by atoms with van der Waals surface area (Å²) < 4.78 is 22.6. The SMILES string of the molecule is O.O=P(O)(O)C(O)C(n1ccnc1)P(=O)(O)O. The van der Waals surface area contributed by atoms with E-state index >= 15 is 0 Å². The molecule has 1 aromatic heterocycles. The van der Waals surface area contributed by atoms with Gasteiger partial charge in [0, 0.05) is 12.4 Å². The second kappa shape index (κ2) is 5.38. The molecule has 100 valence electrons. The van der Waals surface area contributed by atoms with Crippen LogP contribution in [0, 0.1) is 0 Å². The molecule has 0 aliphatic heterocycles. The van der Waals surface area contributed by atoms with Crippen molar-refractivity contribution in [2.45, 2.75) is 11.6 Å². The van der Waals surface area contributed by atoms with Gasteiger partial charge in [0.1, 0.15) is 0 Å². The summed E-state index contributed by atoms with van der Waals surface area (Å²) >= 11 is 0. The minimum absolute atomic E-state index is 0. The molecule has 7 N–H and O–H groups in total. The minimum Gasteiger partial charge on any atom is -0.412 e. The van der Waals surface area contributed by atoms with Crippen molar-refractivity contribution in [2.24, 2.45) is 0 Å². The highest BCUT2D eigenvalue weighted by molar-refractivity contribution is 7.56. The number of aliphatic hydroxyl groups excluding tert-OH is 1. The van der Waals surface area contributed by atoms with Gasteiger partial charge in [-0.15, -0.1) is 0 Å². The van der Waals surface area contributed by atoms with Crippen LogP contribution in [-0.4, -0.2) is 45.6 Å². The number of nitrogens with zero attached hydrogens (tertiary/aromatic N) is 2. The largest absolute Gasteiger partial charge is 0.412 e. The van der Waals surface area contributed by atoms with Gasteiger partial charge in [0.25, 0.3) is 0 Å². The fraction of sp³-hybridized carbons (Fsp3) is 0.400. The maximum Gasteiger partial charge on any atom is 0.356 e. The maximum absolute atomic E-state index is 11.1. The van der Waals surface area contributed by atoms with Crippen LogP contribution in [0.4, 0.5) is 0 Å². The minimum atomic E-state index is -5.04. The van der Waals surface area contributed by atoms with Crippen molar-refractivity contribution < 1.29 is 39.3 Å². The van der Waals surface area contributed by atoms with E-state index in [1.54, 1.807) is 0 Å². The van der Waals surface area contributed by atoms with E-state index in [2.05, 4.69) is 4.98 Å². The van der Waals surface area contributed by atoms with Gasteiger partial charge in [0.2, 0.25) is 0 Å². The Kier molecular flexibility index (Phi) is 5.20. The molecule has 1 heterocycles. The van der Waals surface area contributed by atoms with Crippen molar-refractivity contribution in [2.75, 3.05) is 0 Å². The summed E-state index contributed by atoms with van der Waals surface area (Å²) in [6, 6.07) is 0. The van der Waals surface area contributed by atoms with Crippen LogP contribution in [0.5, 0.6) is 0 Å². The first-order chi connectivity index (χ1) is 7.14. The number of rotatable bonds is 4. The van der Waals surface area contributed by atoms with Crippen LogP contribution in [0.2, 0.25) is 0 Å². The molecule has 0 radical (unpaired) electrons. The monoisotopic (exact) mass is 290 g/mol. The lowest BCUT2D eigenvalue weighted by Gasteiger charge is -2.25. The van der Waals surface area contributed by atoms with E-state index in [4.69, 9.17) is 19.6 Å². The van der Waals surface area contributed by atoms with Crippen molar-refractivity contribution in [3.05, 3.63) is 18.7 Å². The predicted octanol–water partition coefficient (Wildman–Crippen LogP) is -1.77. The van der Waals surface area contributed by atoms with Gasteiger partial charge in [-0.3, -0.25) is 9.13 Å². The zero-order chi connectivity index (χ0) is 12.6. The van der Waals surface area contributed by atoms with Gasteiger partial charge >= 0.3 is 15.2 Å². The lowest BCUT2D eigenvalue weighted by Crippen LogP contribution is -2.23. The summed E-state index contributed by atoms with van der Waals surface area (Å²) in [5.74, 6) is -4.56. The summed E-state index contributed by atoms with van der Waals surface area (Å²) in [7, 11) is -9.97. The van der Waals surface area contributed by atoms with Crippen LogP contribution in [0.25, 0.3) is 0 Å². The molecule has 0 fully saturated rings. The van der Waals surface area contributed by atoms with Crippen LogP contribution in [0.3, 0.4) is 0 Å². The number of hydrogen-bond donors (Lipinski definition) is 5. The highest BCUT2D eigenvalue weighted by Gasteiger charge is 2.45. The molecular formula is C5H12N2O8P2. The molecule has 2 atom stereocenters. The Morgan fingerprint density at radius 3 is 1.94 bits per heavy atom. The van der Waals surface area contributed by atoms with Gasteiger partial charge in [0.15, 0.2) is 11.6 Å². The van der Waals surface area contributed by atoms with Crippen molar-refractivity contribution in [3.63, 3.8) is 0 Å². The summed E-state index contributed by atoms with van der Waals surface area (Å²) in [6.07, 6.45) is 3.19.